The van der Waals surface area contributed by atoms with E-state index < -0.39 is 11.7 Å². The zero-order valence-electron chi connectivity index (χ0n) is 10.7. The van der Waals surface area contributed by atoms with Gasteiger partial charge in [0.05, 0.1) is 11.4 Å². The minimum atomic E-state index is -2.58. The molecule has 110 valence electrons. The van der Waals surface area contributed by atoms with Gasteiger partial charge in [-0.25, -0.2) is 0 Å². The molecule has 1 amide bonds. The first-order chi connectivity index (χ1) is 9.97. The van der Waals surface area contributed by atoms with E-state index in [0.29, 0.717) is 11.8 Å². The highest BCUT2D eigenvalue weighted by molar-refractivity contribution is 7.99. The van der Waals surface area contributed by atoms with Crippen LogP contribution >= 0.6 is 11.8 Å². The van der Waals surface area contributed by atoms with Crippen LogP contribution in [0.1, 0.15) is 10.4 Å². The predicted octanol–water partition coefficient (Wildman–Crippen LogP) is 3.54. The molecule has 0 heterocycles. The van der Waals surface area contributed by atoms with E-state index in [0.717, 1.165) is 0 Å². The monoisotopic (exact) mass is 310 g/mol. The lowest BCUT2D eigenvalue weighted by Crippen LogP contribution is -2.12. The van der Waals surface area contributed by atoms with E-state index in [2.05, 4.69) is 5.32 Å². The molecular formula is C14H12F2N2O2S. The average Bonchev–Trinajstić information content (AvgIpc) is 2.43. The third kappa shape index (κ3) is 3.85. The van der Waals surface area contributed by atoms with E-state index in [1.165, 1.54) is 30.3 Å². The second-order valence-electron chi connectivity index (χ2n) is 4.10. The molecule has 0 spiro atoms. The van der Waals surface area contributed by atoms with Gasteiger partial charge >= 0.3 is 0 Å². The number of halogens is 2. The zero-order chi connectivity index (χ0) is 15.4. The van der Waals surface area contributed by atoms with Crippen LogP contribution in [0.2, 0.25) is 0 Å². The van der Waals surface area contributed by atoms with Crippen LogP contribution in [0, 0.1) is 0 Å². The van der Waals surface area contributed by atoms with Crippen molar-refractivity contribution in [2.75, 3.05) is 11.1 Å². The highest BCUT2D eigenvalue weighted by Crippen LogP contribution is 2.32. The quantitative estimate of drug-likeness (QED) is 0.459. The van der Waals surface area contributed by atoms with Gasteiger partial charge in [-0.2, -0.15) is 8.78 Å². The summed E-state index contributed by atoms with van der Waals surface area (Å²) in [6, 6.07) is 10.3. The van der Waals surface area contributed by atoms with Gasteiger partial charge in [-0.3, -0.25) is 4.79 Å². The Bertz CT molecular complexity index is 665. The number of carbonyl (C=O) groups is 1. The Kier molecular flexibility index (Phi) is 4.64. The van der Waals surface area contributed by atoms with Crippen LogP contribution in [0.15, 0.2) is 47.4 Å². The van der Waals surface area contributed by atoms with Crippen molar-refractivity contribution >= 4 is 29.0 Å². The van der Waals surface area contributed by atoms with Gasteiger partial charge in [0.1, 0.15) is 5.75 Å². The van der Waals surface area contributed by atoms with Crippen molar-refractivity contribution in [2.45, 2.75) is 10.7 Å². The average molecular weight is 310 g/mol. The van der Waals surface area contributed by atoms with E-state index in [9.17, 15) is 18.7 Å². The Morgan fingerprint density at radius 3 is 2.62 bits per heavy atom. The van der Waals surface area contributed by atoms with Crippen LogP contribution in [0.4, 0.5) is 20.2 Å². The van der Waals surface area contributed by atoms with Gasteiger partial charge in [0, 0.05) is 10.5 Å². The number of nitrogen functional groups attached to an aromatic ring is 1. The molecule has 2 aromatic rings. The first-order valence-corrected chi connectivity index (χ1v) is 6.79. The van der Waals surface area contributed by atoms with Crippen molar-refractivity contribution < 1.29 is 18.7 Å². The van der Waals surface area contributed by atoms with E-state index in [-0.39, 0.29) is 27.6 Å². The summed E-state index contributed by atoms with van der Waals surface area (Å²) in [7, 11) is 0. The molecule has 0 unspecified atom stereocenters. The molecule has 4 N–H and O–H groups in total. The molecule has 0 aliphatic carbocycles. The van der Waals surface area contributed by atoms with Gasteiger partial charge in [0.25, 0.3) is 11.7 Å². The summed E-state index contributed by atoms with van der Waals surface area (Å²) in [5.41, 5.74) is 6.07. The van der Waals surface area contributed by atoms with Crippen molar-refractivity contribution in [1.82, 2.24) is 0 Å². The lowest BCUT2D eigenvalue weighted by Gasteiger charge is -2.10. The molecule has 0 bridgehead atoms. The molecule has 0 aliphatic heterocycles. The van der Waals surface area contributed by atoms with Crippen molar-refractivity contribution in [3.05, 3.63) is 48.0 Å². The topological polar surface area (TPSA) is 75.4 Å². The lowest BCUT2D eigenvalue weighted by atomic mass is 10.1. The Labute approximate surface area is 124 Å². The smallest absolute Gasteiger partial charge is 0.288 e. The predicted molar refractivity (Wildman–Crippen MR) is 78.8 cm³/mol. The van der Waals surface area contributed by atoms with Crippen LogP contribution in [-0.4, -0.2) is 16.8 Å². The molecule has 0 fully saturated rings. The van der Waals surface area contributed by atoms with Gasteiger partial charge in [0.2, 0.25) is 0 Å². The molecule has 0 aliphatic rings. The highest BCUT2D eigenvalue weighted by Gasteiger charge is 2.13. The largest absolute Gasteiger partial charge is 0.506 e. The normalized spacial score (nSPS) is 10.6. The Hall–Kier alpha value is -2.28. The molecule has 0 saturated heterocycles. The van der Waals surface area contributed by atoms with Crippen LogP contribution in [0.3, 0.4) is 0 Å². The first kappa shape index (κ1) is 15.1. The van der Waals surface area contributed by atoms with Gasteiger partial charge < -0.3 is 16.2 Å². The van der Waals surface area contributed by atoms with Gasteiger partial charge in [-0.05, 0) is 30.3 Å². The Balaban J connectivity index is 2.21. The number of rotatable bonds is 4. The van der Waals surface area contributed by atoms with Gasteiger partial charge in [-0.15, -0.1) is 0 Å². The third-order valence-corrected chi connectivity index (χ3v) is 3.43. The van der Waals surface area contributed by atoms with E-state index >= 15 is 0 Å². The Morgan fingerprint density at radius 2 is 1.95 bits per heavy atom. The molecule has 2 rings (SSSR count). The number of thioether (sulfide) groups is 1. The minimum Gasteiger partial charge on any atom is -0.506 e. The summed E-state index contributed by atoms with van der Waals surface area (Å²) in [5.74, 6) is -3.31. The fourth-order valence-corrected chi connectivity index (χ4v) is 2.24. The van der Waals surface area contributed by atoms with Crippen LogP contribution in [0.25, 0.3) is 0 Å². The molecule has 0 aromatic heterocycles. The number of aromatic hydroxyl groups is 1. The fourth-order valence-electron chi connectivity index (χ4n) is 1.65. The van der Waals surface area contributed by atoms with Crippen molar-refractivity contribution in [3.8, 4) is 5.75 Å². The third-order valence-electron chi connectivity index (χ3n) is 2.64. The maximum absolute atomic E-state index is 12.5. The molecule has 21 heavy (non-hydrogen) atoms. The number of benzene rings is 2. The molecular weight excluding hydrogens is 298 g/mol. The number of phenolic OH excluding ortho intramolecular Hbond substituents is 1. The van der Waals surface area contributed by atoms with Crippen LogP contribution < -0.4 is 11.1 Å². The summed E-state index contributed by atoms with van der Waals surface area (Å²) >= 11 is 0.350. The second kappa shape index (κ2) is 6.45. The minimum absolute atomic E-state index is 0.153. The van der Waals surface area contributed by atoms with Crippen LogP contribution in [-0.2, 0) is 0 Å². The number of hydrogen-bond acceptors (Lipinski definition) is 4. The molecule has 0 saturated carbocycles. The number of anilines is 2. The number of nitrogens with one attached hydrogen (secondary N) is 1. The number of carbonyl (C=O) groups excluding carboxylic acids is 1. The summed E-state index contributed by atoms with van der Waals surface area (Å²) in [6.07, 6.45) is 0. The fraction of sp³-hybridized carbons (Fsp3) is 0.0714. The lowest BCUT2D eigenvalue weighted by molar-refractivity contribution is 0.102. The maximum Gasteiger partial charge on any atom is 0.288 e. The van der Waals surface area contributed by atoms with E-state index in [4.69, 9.17) is 5.73 Å². The first-order valence-electron chi connectivity index (χ1n) is 5.91. The van der Waals surface area contributed by atoms with Crippen molar-refractivity contribution in [2.24, 2.45) is 0 Å². The zero-order valence-corrected chi connectivity index (χ0v) is 11.5. The SMILES string of the molecule is Nc1ccc(C(=O)Nc2ccccc2SC(F)F)cc1O. The summed E-state index contributed by atoms with van der Waals surface area (Å²) < 4.78 is 24.9. The summed E-state index contributed by atoms with van der Waals surface area (Å²) in [6.45, 7) is 0. The van der Waals surface area contributed by atoms with Crippen molar-refractivity contribution in [1.29, 1.82) is 0 Å². The summed E-state index contributed by atoms with van der Waals surface area (Å²) in [5, 5.41) is 12.0. The summed E-state index contributed by atoms with van der Waals surface area (Å²) in [4.78, 5) is 12.3. The second-order valence-corrected chi connectivity index (χ2v) is 5.13. The Morgan fingerprint density at radius 1 is 1.24 bits per heavy atom. The highest BCUT2D eigenvalue weighted by atomic mass is 32.2. The van der Waals surface area contributed by atoms with Crippen molar-refractivity contribution in [3.63, 3.8) is 0 Å². The maximum atomic E-state index is 12.5. The molecule has 0 radical (unpaired) electrons. The molecule has 4 nitrogen and oxygen atoms in total. The number of amides is 1. The molecule has 2 aromatic carbocycles. The van der Waals surface area contributed by atoms with E-state index in [1.54, 1.807) is 12.1 Å². The number of phenols is 1. The number of alkyl halides is 2. The van der Waals surface area contributed by atoms with Gasteiger partial charge in [-0.1, -0.05) is 23.9 Å². The number of hydrogen-bond donors (Lipinski definition) is 3. The number of nitrogens with two attached hydrogens (primary N) is 1. The van der Waals surface area contributed by atoms with Crippen LogP contribution in [0.5, 0.6) is 5.75 Å². The standard InChI is InChI=1S/C14H12F2N2O2S/c15-14(16)21-12-4-2-1-3-10(12)18-13(20)8-5-6-9(17)11(19)7-8/h1-7,14,19H,17H2,(H,18,20). The number of para-hydroxylation sites is 1. The van der Waals surface area contributed by atoms with E-state index in [1.807, 2.05) is 0 Å². The molecule has 0 atom stereocenters. The van der Waals surface area contributed by atoms with Gasteiger partial charge in [0.15, 0.2) is 0 Å². The molecule has 7 heteroatoms.